The molecule has 3 nitrogen and oxygen atoms in total. The van der Waals surface area contributed by atoms with Gasteiger partial charge in [0.1, 0.15) is 0 Å². The molecule has 1 heterocycles. The van der Waals surface area contributed by atoms with E-state index in [0.717, 1.165) is 0 Å². The third-order valence-electron chi connectivity index (χ3n) is 2.76. The Balaban J connectivity index is 0.00000200. The van der Waals surface area contributed by atoms with Crippen LogP contribution in [0.25, 0.3) is 0 Å². The molecule has 0 saturated heterocycles. The quantitative estimate of drug-likeness (QED) is 0.623. The molecule has 20 heavy (non-hydrogen) atoms. The van der Waals surface area contributed by atoms with Gasteiger partial charge in [-0.1, -0.05) is 11.6 Å². The van der Waals surface area contributed by atoms with Crippen molar-refractivity contribution < 1.29 is 14.2 Å². The summed E-state index contributed by atoms with van der Waals surface area (Å²) >= 11 is 5.78. The lowest BCUT2D eigenvalue weighted by Gasteiger charge is -1.99. The summed E-state index contributed by atoms with van der Waals surface area (Å²) in [5.74, 6) is -0.0457. The Morgan fingerprint density at radius 3 is 2.35 bits per heavy atom. The number of carbonyl (C=O) groups is 2. The minimum absolute atomic E-state index is 0. The van der Waals surface area contributed by atoms with E-state index >= 15 is 0 Å². The van der Waals surface area contributed by atoms with E-state index in [1.807, 2.05) is 0 Å². The molecule has 0 N–H and O–H groups in total. The van der Waals surface area contributed by atoms with Crippen LogP contribution in [0, 0.1) is 0 Å². The highest BCUT2D eigenvalue weighted by atomic mass is 79.9. The highest BCUT2D eigenvalue weighted by molar-refractivity contribution is 8.93. The first kappa shape index (κ1) is 16.5. The van der Waals surface area contributed by atoms with Crippen LogP contribution in [0.3, 0.4) is 0 Å². The first-order chi connectivity index (χ1) is 9.06. The molecule has 0 saturated carbocycles. The Morgan fingerprint density at radius 2 is 1.75 bits per heavy atom. The van der Waals surface area contributed by atoms with Crippen LogP contribution >= 0.6 is 28.6 Å². The number of nitrogens with zero attached hydrogens (tertiary/aromatic N) is 1. The van der Waals surface area contributed by atoms with Crippen LogP contribution in [0.2, 0.25) is 5.02 Å². The summed E-state index contributed by atoms with van der Waals surface area (Å²) in [6, 6.07) is 10.2. The molecule has 0 unspecified atom stereocenters. The molecule has 0 fully saturated rings. The fourth-order valence-electron chi connectivity index (χ4n) is 1.72. The molecule has 0 aliphatic carbocycles. The normalized spacial score (nSPS) is 9.70. The fraction of sp³-hybridized carbons (Fsp3) is 0.133. The fourth-order valence-corrected chi connectivity index (χ4v) is 1.85. The number of carbonyl (C=O) groups excluding carboxylic acids is 2. The van der Waals surface area contributed by atoms with Crippen molar-refractivity contribution in [1.82, 2.24) is 0 Å². The molecule has 0 atom stereocenters. The first-order valence-corrected chi connectivity index (χ1v) is 6.23. The number of ketones is 2. The van der Waals surface area contributed by atoms with E-state index in [-0.39, 0.29) is 35.1 Å². The van der Waals surface area contributed by atoms with Crippen LogP contribution in [0.15, 0.2) is 48.8 Å². The summed E-state index contributed by atoms with van der Waals surface area (Å²) in [7, 11) is 0. The van der Waals surface area contributed by atoms with Gasteiger partial charge in [-0.2, -0.15) is 4.57 Å². The average molecular weight is 356 g/mol. The van der Waals surface area contributed by atoms with E-state index in [1.165, 1.54) is 6.92 Å². The molecule has 0 radical (unpaired) electrons. The number of benzene rings is 1. The van der Waals surface area contributed by atoms with Crippen LogP contribution < -0.4 is 4.57 Å². The Hall–Kier alpha value is -1.52. The predicted octanol–water partition coefficient (Wildman–Crippen LogP) is 3.29. The maximum absolute atomic E-state index is 12.1. The van der Waals surface area contributed by atoms with Gasteiger partial charge in [0.25, 0.3) is 0 Å². The molecule has 5 heteroatoms. The number of halogens is 2. The lowest BCUT2D eigenvalue weighted by molar-refractivity contribution is -0.683. The van der Waals surface area contributed by atoms with Gasteiger partial charge in [-0.25, -0.2) is 0 Å². The number of Topliss-reactive ketones (excluding diaryl/α,β-unsaturated/α-hetero) is 2. The molecule has 2 aromatic rings. The van der Waals surface area contributed by atoms with Crippen LogP contribution in [0.4, 0.5) is 0 Å². The van der Waals surface area contributed by atoms with Gasteiger partial charge in [0.2, 0.25) is 12.3 Å². The van der Waals surface area contributed by atoms with Crippen molar-refractivity contribution in [3.05, 3.63) is 64.9 Å². The summed E-state index contributed by atoms with van der Waals surface area (Å²) in [4.78, 5) is 23.3. The van der Waals surface area contributed by atoms with Crippen LogP contribution in [0.1, 0.15) is 27.6 Å². The number of pyridine rings is 1. The minimum atomic E-state index is -0.0256. The maximum atomic E-state index is 12.1. The number of hydrogen-bond donors (Lipinski definition) is 0. The molecule has 1 aromatic heterocycles. The van der Waals surface area contributed by atoms with Crippen molar-refractivity contribution in [2.75, 3.05) is 0 Å². The monoisotopic (exact) mass is 354 g/mol. The number of rotatable bonds is 4. The largest absolute Gasteiger partial charge is 0.294 e. The van der Waals surface area contributed by atoms with Gasteiger partial charge >= 0.3 is 0 Å². The molecular formula is C15H14BrClNO2+. The zero-order valence-corrected chi connectivity index (χ0v) is 13.3. The van der Waals surface area contributed by atoms with Crippen LogP contribution in [-0.4, -0.2) is 11.6 Å². The smallest absolute Gasteiger partial charge is 0.227 e. The molecule has 2 rings (SSSR count). The summed E-state index contributed by atoms with van der Waals surface area (Å²) in [6.45, 7) is 1.70. The molecule has 1 aromatic carbocycles. The summed E-state index contributed by atoms with van der Waals surface area (Å²) in [5.41, 5.74) is 1.19. The highest BCUT2D eigenvalue weighted by Crippen LogP contribution is 2.10. The van der Waals surface area contributed by atoms with Gasteiger partial charge in [0.15, 0.2) is 18.2 Å². The SMILES string of the molecule is Br.CC(=O)c1ccc[n+](CC(=O)c2ccc(Cl)cc2)c1. The third-order valence-corrected chi connectivity index (χ3v) is 3.01. The van der Waals surface area contributed by atoms with Crippen molar-refractivity contribution in [2.45, 2.75) is 13.5 Å². The van der Waals surface area contributed by atoms with Crippen molar-refractivity contribution >= 4 is 40.1 Å². The molecule has 0 amide bonds. The molecule has 0 spiro atoms. The Bertz CT molecular complexity index is 626. The van der Waals surface area contributed by atoms with Gasteiger partial charge < -0.3 is 0 Å². The van der Waals surface area contributed by atoms with Crippen molar-refractivity contribution in [1.29, 1.82) is 0 Å². The molecule has 0 aliphatic rings. The van der Waals surface area contributed by atoms with Crippen molar-refractivity contribution in [3.63, 3.8) is 0 Å². The third kappa shape index (κ3) is 4.25. The standard InChI is InChI=1S/C15H13ClNO2.BrH/c1-11(18)13-3-2-8-17(9-13)10-15(19)12-4-6-14(16)7-5-12;/h2-9H,10H2,1H3;1H/q+1;. The Labute approximate surface area is 133 Å². The summed E-state index contributed by atoms with van der Waals surface area (Å²) < 4.78 is 1.70. The Kier molecular flexibility index (Phi) is 6.05. The van der Waals surface area contributed by atoms with Gasteiger partial charge in [0.05, 0.1) is 5.56 Å². The van der Waals surface area contributed by atoms with Gasteiger partial charge in [-0.05, 0) is 37.3 Å². The zero-order chi connectivity index (χ0) is 13.8. The average Bonchev–Trinajstić information content (AvgIpc) is 2.39. The number of hydrogen-bond acceptors (Lipinski definition) is 2. The lowest BCUT2D eigenvalue weighted by atomic mass is 10.1. The van der Waals surface area contributed by atoms with Crippen LogP contribution in [0.5, 0.6) is 0 Å². The zero-order valence-electron chi connectivity index (χ0n) is 10.9. The second kappa shape index (κ2) is 7.31. The van der Waals surface area contributed by atoms with E-state index in [9.17, 15) is 9.59 Å². The van der Waals surface area contributed by atoms with Gasteiger partial charge in [-0.15, -0.1) is 17.0 Å². The summed E-state index contributed by atoms with van der Waals surface area (Å²) in [6.07, 6.45) is 3.44. The highest BCUT2D eigenvalue weighted by Gasteiger charge is 2.13. The lowest BCUT2D eigenvalue weighted by Crippen LogP contribution is -2.37. The molecule has 0 bridgehead atoms. The van der Waals surface area contributed by atoms with E-state index < -0.39 is 0 Å². The van der Waals surface area contributed by atoms with E-state index in [2.05, 4.69) is 0 Å². The van der Waals surface area contributed by atoms with Gasteiger partial charge in [0, 0.05) is 16.7 Å². The van der Waals surface area contributed by atoms with E-state index in [0.29, 0.717) is 16.1 Å². The van der Waals surface area contributed by atoms with Gasteiger partial charge in [-0.3, -0.25) is 9.59 Å². The summed E-state index contributed by atoms with van der Waals surface area (Å²) in [5, 5.41) is 0.600. The van der Waals surface area contributed by atoms with Crippen LogP contribution in [-0.2, 0) is 6.54 Å². The predicted molar refractivity (Wildman–Crippen MR) is 82.7 cm³/mol. The molecule has 104 valence electrons. The minimum Gasteiger partial charge on any atom is -0.294 e. The number of aromatic nitrogens is 1. The van der Waals surface area contributed by atoms with E-state index in [1.54, 1.807) is 53.4 Å². The Morgan fingerprint density at radius 1 is 1.10 bits per heavy atom. The van der Waals surface area contributed by atoms with Crippen molar-refractivity contribution in [3.8, 4) is 0 Å². The topological polar surface area (TPSA) is 38.0 Å². The first-order valence-electron chi connectivity index (χ1n) is 5.85. The molecular weight excluding hydrogens is 342 g/mol. The maximum Gasteiger partial charge on any atom is 0.227 e. The van der Waals surface area contributed by atoms with Crippen molar-refractivity contribution in [2.24, 2.45) is 0 Å². The molecule has 0 aliphatic heterocycles. The van der Waals surface area contributed by atoms with E-state index in [4.69, 9.17) is 11.6 Å². The second-order valence-electron chi connectivity index (χ2n) is 4.25. The second-order valence-corrected chi connectivity index (χ2v) is 4.69.